The molecule has 25 heavy (non-hydrogen) atoms. The van der Waals surface area contributed by atoms with Crippen molar-refractivity contribution in [3.63, 3.8) is 0 Å². The number of thiocarbonyl (C=S) groups is 1. The highest BCUT2D eigenvalue weighted by molar-refractivity contribution is 14.1. The SMILES string of the molecule is CCc1cc(I)ccc1NC(=S)NC(=O)c1cc(Cl)cc(Cl)c1OC. The van der Waals surface area contributed by atoms with Crippen molar-refractivity contribution >= 4 is 74.7 Å². The number of benzene rings is 2. The number of hydrogen-bond acceptors (Lipinski definition) is 3. The second-order valence-corrected chi connectivity index (χ2v) is 7.53. The first-order valence-electron chi connectivity index (χ1n) is 7.29. The number of amides is 1. The highest BCUT2D eigenvalue weighted by Crippen LogP contribution is 2.32. The molecule has 0 saturated carbocycles. The number of carbonyl (C=O) groups excluding carboxylic acids is 1. The van der Waals surface area contributed by atoms with Crippen molar-refractivity contribution in [2.45, 2.75) is 13.3 Å². The van der Waals surface area contributed by atoms with Gasteiger partial charge in [0.25, 0.3) is 5.91 Å². The molecule has 2 aromatic carbocycles. The van der Waals surface area contributed by atoms with E-state index in [0.717, 1.165) is 21.2 Å². The third kappa shape index (κ3) is 5.20. The van der Waals surface area contributed by atoms with Crippen molar-refractivity contribution < 1.29 is 9.53 Å². The average Bonchev–Trinajstić information content (AvgIpc) is 2.55. The zero-order valence-electron chi connectivity index (χ0n) is 13.5. The van der Waals surface area contributed by atoms with Gasteiger partial charge in [-0.2, -0.15) is 0 Å². The number of carbonyl (C=O) groups is 1. The minimum absolute atomic E-state index is 0.180. The summed E-state index contributed by atoms with van der Waals surface area (Å²) >= 11 is 19.5. The Morgan fingerprint density at radius 3 is 2.64 bits per heavy atom. The Bertz CT molecular complexity index is 831. The second kappa shape index (κ2) is 9.02. The Morgan fingerprint density at radius 2 is 2.00 bits per heavy atom. The molecular weight excluding hydrogens is 494 g/mol. The number of aryl methyl sites for hydroxylation is 1. The van der Waals surface area contributed by atoms with Gasteiger partial charge < -0.3 is 10.1 Å². The molecule has 2 rings (SSSR count). The molecule has 8 heteroatoms. The predicted molar refractivity (Wildman–Crippen MR) is 115 cm³/mol. The van der Waals surface area contributed by atoms with Gasteiger partial charge in [0, 0.05) is 14.3 Å². The molecule has 132 valence electrons. The van der Waals surface area contributed by atoms with Crippen LogP contribution in [0.3, 0.4) is 0 Å². The molecule has 1 amide bonds. The van der Waals surface area contributed by atoms with Crippen LogP contribution in [-0.4, -0.2) is 18.1 Å². The zero-order chi connectivity index (χ0) is 18.6. The molecule has 0 aliphatic heterocycles. The van der Waals surface area contributed by atoms with E-state index < -0.39 is 5.91 Å². The van der Waals surface area contributed by atoms with Crippen LogP contribution in [0.1, 0.15) is 22.8 Å². The van der Waals surface area contributed by atoms with Crippen LogP contribution in [0, 0.1) is 3.57 Å². The summed E-state index contributed by atoms with van der Waals surface area (Å²) in [6.07, 6.45) is 0.841. The van der Waals surface area contributed by atoms with E-state index in [0.29, 0.717) is 5.02 Å². The fourth-order valence-electron chi connectivity index (χ4n) is 2.24. The van der Waals surface area contributed by atoms with E-state index in [4.69, 9.17) is 40.2 Å². The van der Waals surface area contributed by atoms with Crippen LogP contribution < -0.4 is 15.4 Å². The minimum Gasteiger partial charge on any atom is -0.494 e. The van der Waals surface area contributed by atoms with Crippen LogP contribution in [0.4, 0.5) is 5.69 Å². The molecule has 0 atom stereocenters. The largest absolute Gasteiger partial charge is 0.494 e. The first-order valence-corrected chi connectivity index (χ1v) is 9.53. The summed E-state index contributed by atoms with van der Waals surface area (Å²) in [5.74, 6) is -0.211. The summed E-state index contributed by atoms with van der Waals surface area (Å²) in [5, 5.41) is 6.44. The number of nitrogens with one attached hydrogen (secondary N) is 2. The molecule has 0 saturated heterocycles. The van der Waals surface area contributed by atoms with Crippen molar-refractivity contribution in [1.29, 1.82) is 0 Å². The van der Waals surface area contributed by atoms with Crippen molar-refractivity contribution in [3.05, 3.63) is 55.1 Å². The lowest BCUT2D eigenvalue weighted by Crippen LogP contribution is -2.34. The molecule has 0 aliphatic rings. The van der Waals surface area contributed by atoms with Crippen molar-refractivity contribution in [2.75, 3.05) is 12.4 Å². The Kier molecular flexibility index (Phi) is 7.30. The van der Waals surface area contributed by atoms with Crippen LogP contribution in [0.15, 0.2) is 30.3 Å². The van der Waals surface area contributed by atoms with Gasteiger partial charge in [0.2, 0.25) is 0 Å². The third-order valence-corrected chi connectivity index (χ3v) is 4.75. The normalized spacial score (nSPS) is 10.3. The first-order chi connectivity index (χ1) is 11.8. The monoisotopic (exact) mass is 508 g/mol. The van der Waals surface area contributed by atoms with Gasteiger partial charge >= 0.3 is 0 Å². The van der Waals surface area contributed by atoms with Gasteiger partial charge in [-0.3, -0.25) is 10.1 Å². The topological polar surface area (TPSA) is 50.4 Å². The molecule has 0 heterocycles. The molecule has 2 N–H and O–H groups in total. The fraction of sp³-hybridized carbons (Fsp3) is 0.176. The number of halogens is 3. The van der Waals surface area contributed by atoms with Crippen molar-refractivity contribution in [2.24, 2.45) is 0 Å². The zero-order valence-corrected chi connectivity index (χ0v) is 17.9. The van der Waals surface area contributed by atoms with Gasteiger partial charge in [0.15, 0.2) is 5.11 Å². The Hall–Kier alpha value is -1.09. The molecule has 0 spiro atoms. The standard InChI is InChI=1S/C17H15Cl2IN2O2S/c1-3-9-6-11(20)4-5-14(9)21-17(25)22-16(23)12-7-10(18)8-13(19)15(12)24-2/h4-8H,3H2,1-2H3,(H2,21,22,23,25). The van der Waals surface area contributed by atoms with E-state index >= 15 is 0 Å². The third-order valence-electron chi connectivity index (χ3n) is 3.38. The van der Waals surface area contributed by atoms with Crippen molar-refractivity contribution in [3.8, 4) is 5.75 Å². The minimum atomic E-state index is -0.456. The van der Waals surface area contributed by atoms with Gasteiger partial charge in [0.05, 0.1) is 17.7 Å². The summed E-state index contributed by atoms with van der Waals surface area (Å²) in [7, 11) is 1.43. The quantitative estimate of drug-likeness (QED) is 0.435. The maximum Gasteiger partial charge on any atom is 0.261 e. The van der Waals surface area contributed by atoms with Gasteiger partial charge in [-0.15, -0.1) is 0 Å². The van der Waals surface area contributed by atoms with Crippen LogP contribution in [0.2, 0.25) is 10.0 Å². The summed E-state index contributed by atoms with van der Waals surface area (Å²) < 4.78 is 6.32. The number of methoxy groups -OCH3 is 1. The van der Waals surface area contributed by atoms with E-state index in [1.165, 1.54) is 19.2 Å². The Labute approximate surface area is 175 Å². The summed E-state index contributed by atoms with van der Waals surface area (Å²) in [5.41, 5.74) is 2.17. The second-order valence-electron chi connectivity index (χ2n) is 5.03. The van der Waals surface area contributed by atoms with E-state index in [-0.39, 0.29) is 21.4 Å². The predicted octanol–water partition coefficient (Wildman–Crippen LogP) is 5.30. The lowest BCUT2D eigenvalue weighted by Gasteiger charge is -2.15. The van der Waals surface area contributed by atoms with Gasteiger partial charge in [-0.1, -0.05) is 30.1 Å². The fourth-order valence-corrected chi connectivity index (χ4v) is 3.57. The lowest BCUT2D eigenvalue weighted by atomic mass is 10.1. The molecule has 4 nitrogen and oxygen atoms in total. The van der Waals surface area contributed by atoms with E-state index in [1.807, 2.05) is 12.1 Å². The highest BCUT2D eigenvalue weighted by Gasteiger charge is 2.18. The van der Waals surface area contributed by atoms with E-state index in [9.17, 15) is 4.79 Å². The molecule has 0 unspecified atom stereocenters. The van der Waals surface area contributed by atoms with Crippen LogP contribution in [-0.2, 0) is 6.42 Å². The van der Waals surface area contributed by atoms with E-state index in [2.05, 4.69) is 46.2 Å². The maximum absolute atomic E-state index is 12.5. The number of hydrogen-bond donors (Lipinski definition) is 2. The molecule has 0 bridgehead atoms. The maximum atomic E-state index is 12.5. The molecule has 0 aliphatic carbocycles. The lowest BCUT2D eigenvalue weighted by molar-refractivity contribution is 0.0975. The first kappa shape index (κ1) is 20.2. The Morgan fingerprint density at radius 1 is 1.28 bits per heavy atom. The number of rotatable bonds is 4. The van der Waals surface area contributed by atoms with Crippen molar-refractivity contribution in [1.82, 2.24) is 5.32 Å². The molecule has 0 fully saturated rings. The average molecular weight is 509 g/mol. The number of ether oxygens (including phenoxy) is 1. The van der Waals surface area contributed by atoms with Crippen LogP contribution >= 0.6 is 58.0 Å². The van der Waals surface area contributed by atoms with Crippen LogP contribution in [0.25, 0.3) is 0 Å². The van der Waals surface area contributed by atoms with Gasteiger partial charge in [-0.25, -0.2) is 0 Å². The highest BCUT2D eigenvalue weighted by atomic mass is 127. The molecule has 2 aromatic rings. The molecule has 0 aromatic heterocycles. The summed E-state index contributed by atoms with van der Waals surface area (Å²) in [6.45, 7) is 2.05. The Balaban J connectivity index is 2.18. The van der Waals surface area contributed by atoms with E-state index in [1.54, 1.807) is 0 Å². The van der Waals surface area contributed by atoms with Crippen LogP contribution in [0.5, 0.6) is 5.75 Å². The molecule has 0 radical (unpaired) electrons. The summed E-state index contributed by atoms with van der Waals surface area (Å²) in [4.78, 5) is 12.5. The van der Waals surface area contributed by atoms with Gasteiger partial charge in [-0.05, 0) is 77.1 Å². The van der Waals surface area contributed by atoms with Gasteiger partial charge in [0.1, 0.15) is 5.75 Å². The smallest absolute Gasteiger partial charge is 0.261 e. The number of anilines is 1. The molecular formula is C17H15Cl2IN2O2S. The summed E-state index contributed by atoms with van der Waals surface area (Å²) in [6, 6.07) is 8.94.